The number of carboxylic acid groups (broad SMARTS) is 1. The molecule has 1 N–H and O–H groups in total. The second kappa shape index (κ2) is 3.62. The van der Waals surface area contributed by atoms with Gasteiger partial charge in [0.05, 0.1) is 5.41 Å². The van der Waals surface area contributed by atoms with E-state index < -0.39 is 11.4 Å². The Morgan fingerprint density at radius 3 is 2.31 bits per heavy atom. The van der Waals surface area contributed by atoms with Crippen LogP contribution in [0.25, 0.3) is 0 Å². The van der Waals surface area contributed by atoms with Gasteiger partial charge < -0.3 is 5.11 Å². The van der Waals surface area contributed by atoms with Crippen LogP contribution >= 0.6 is 0 Å². The number of carboxylic acids is 1. The van der Waals surface area contributed by atoms with Crippen LogP contribution in [-0.2, 0) is 10.2 Å². The third kappa shape index (κ3) is 1.97. The summed E-state index contributed by atoms with van der Waals surface area (Å²) < 4.78 is 0. The minimum absolute atomic E-state index is 0.0594. The number of carbonyl (C=O) groups is 1. The highest BCUT2D eigenvalue weighted by atomic mass is 16.4. The van der Waals surface area contributed by atoms with E-state index in [1.54, 1.807) is 0 Å². The molecule has 16 heavy (non-hydrogen) atoms. The van der Waals surface area contributed by atoms with Crippen molar-refractivity contribution < 1.29 is 9.90 Å². The zero-order chi connectivity index (χ0) is 11.8. The Morgan fingerprint density at radius 2 is 1.88 bits per heavy atom. The van der Waals surface area contributed by atoms with Gasteiger partial charge in [-0.15, -0.1) is 0 Å². The first-order chi connectivity index (χ1) is 7.46. The van der Waals surface area contributed by atoms with Gasteiger partial charge in [-0.2, -0.15) is 0 Å². The first-order valence-electron chi connectivity index (χ1n) is 5.75. The summed E-state index contributed by atoms with van der Waals surface area (Å²) in [5.41, 5.74) is 0.720. The fourth-order valence-corrected chi connectivity index (χ4v) is 2.45. The van der Waals surface area contributed by atoms with E-state index in [-0.39, 0.29) is 5.41 Å². The van der Waals surface area contributed by atoms with Gasteiger partial charge in [-0.3, -0.25) is 4.79 Å². The summed E-state index contributed by atoms with van der Waals surface area (Å²) in [6.07, 6.45) is 2.40. The van der Waals surface area contributed by atoms with Gasteiger partial charge in [-0.25, -0.2) is 0 Å². The van der Waals surface area contributed by atoms with Crippen LogP contribution in [-0.4, -0.2) is 11.1 Å². The lowest BCUT2D eigenvalue weighted by Gasteiger charge is -2.28. The molecule has 1 aromatic carbocycles. The molecular weight excluding hydrogens is 200 g/mol. The molecule has 1 fully saturated rings. The minimum Gasteiger partial charge on any atom is -0.481 e. The fourth-order valence-electron chi connectivity index (χ4n) is 2.45. The molecule has 0 heterocycles. The van der Waals surface area contributed by atoms with Crippen LogP contribution in [0.1, 0.15) is 38.7 Å². The summed E-state index contributed by atoms with van der Waals surface area (Å²) in [6.45, 7) is 4.26. The standard InChI is InChI=1S/C14H18O2/c1-13(2,11-6-4-3-5-7-11)10-14(8-9-14)12(15)16/h3-7H,8-10H2,1-2H3,(H,15,16). The number of aliphatic carboxylic acids is 1. The molecule has 1 aliphatic rings. The molecule has 1 aromatic rings. The van der Waals surface area contributed by atoms with Crippen molar-refractivity contribution in [3.05, 3.63) is 35.9 Å². The molecular formula is C14H18O2. The van der Waals surface area contributed by atoms with E-state index in [9.17, 15) is 9.90 Å². The van der Waals surface area contributed by atoms with Crippen LogP contribution in [0.3, 0.4) is 0 Å². The highest BCUT2D eigenvalue weighted by Crippen LogP contribution is 2.53. The average Bonchev–Trinajstić information content (AvgIpc) is 3.00. The van der Waals surface area contributed by atoms with Crippen molar-refractivity contribution in [1.82, 2.24) is 0 Å². The van der Waals surface area contributed by atoms with Gasteiger partial charge in [0.15, 0.2) is 0 Å². The first-order valence-corrected chi connectivity index (χ1v) is 5.75. The molecule has 2 rings (SSSR count). The van der Waals surface area contributed by atoms with E-state index in [0.717, 1.165) is 19.3 Å². The van der Waals surface area contributed by atoms with Crippen LogP contribution in [0, 0.1) is 5.41 Å². The van der Waals surface area contributed by atoms with Crippen molar-refractivity contribution in [3.8, 4) is 0 Å². The summed E-state index contributed by atoms with van der Waals surface area (Å²) >= 11 is 0. The Morgan fingerprint density at radius 1 is 1.31 bits per heavy atom. The molecule has 0 unspecified atom stereocenters. The maximum Gasteiger partial charge on any atom is 0.309 e. The SMILES string of the molecule is CC(C)(CC1(C(=O)O)CC1)c1ccccc1. The molecule has 0 saturated heterocycles. The number of hydrogen-bond acceptors (Lipinski definition) is 1. The van der Waals surface area contributed by atoms with Crippen LogP contribution in [0.15, 0.2) is 30.3 Å². The first kappa shape index (κ1) is 11.2. The van der Waals surface area contributed by atoms with Crippen molar-refractivity contribution in [2.24, 2.45) is 5.41 Å². The molecule has 1 saturated carbocycles. The molecule has 1 aliphatic carbocycles. The number of hydrogen-bond donors (Lipinski definition) is 1. The molecule has 2 nitrogen and oxygen atoms in total. The number of benzene rings is 1. The van der Waals surface area contributed by atoms with Crippen LogP contribution in [0.5, 0.6) is 0 Å². The molecule has 0 bridgehead atoms. The van der Waals surface area contributed by atoms with Gasteiger partial charge in [0.2, 0.25) is 0 Å². The quantitative estimate of drug-likeness (QED) is 0.842. The lowest BCUT2D eigenvalue weighted by Crippen LogP contribution is -2.27. The molecule has 0 aromatic heterocycles. The normalized spacial score (nSPS) is 18.1. The molecule has 0 atom stereocenters. The van der Waals surface area contributed by atoms with Crippen LogP contribution in [0.4, 0.5) is 0 Å². The maximum absolute atomic E-state index is 11.2. The molecule has 2 heteroatoms. The maximum atomic E-state index is 11.2. The van der Waals surface area contributed by atoms with E-state index in [1.807, 2.05) is 18.2 Å². The van der Waals surface area contributed by atoms with Crippen LogP contribution < -0.4 is 0 Å². The highest BCUT2D eigenvalue weighted by Gasteiger charge is 2.52. The minimum atomic E-state index is -0.628. The molecule has 86 valence electrons. The largest absolute Gasteiger partial charge is 0.481 e. The van der Waals surface area contributed by atoms with Crippen molar-refractivity contribution in [3.63, 3.8) is 0 Å². The van der Waals surface area contributed by atoms with Gasteiger partial charge in [-0.05, 0) is 30.2 Å². The summed E-state index contributed by atoms with van der Waals surface area (Å²) in [7, 11) is 0. The topological polar surface area (TPSA) is 37.3 Å². The van der Waals surface area contributed by atoms with Gasteiger partial charge in [-0.1, -0.05) is 44.2 Å². The van der Waals surface area contributed by atoms with Gasteiger partial charge in [0.25, 0.3) is 0 Å². The Balaban J connectivity index is 2.18. The predicted octanol–water partition coefficient (Wildman–Crippen LogP) is 3.22. The third-order valence-electron chi connectivity index (χ3n) is 3.64. The Bertz CT molecular complexity index is 388. The Labute approximate surface area is 96.3 Å². The second-order valence-electron chi connectivity index (χ2n) is 5.51. The Hall–Kier alpha value is -1.31. The summed E-state index contributed by atoms with van der Waals surface area (Å²) in [4.78, 5) is 11.2. The average molecular weight is 218 g/mol. The molecule has 0 aliphatic heterocycles. The lowest BCUT2D eigenvalue weighted by molar-refractivity contribution is -0.144. The van der Waals surface area contributed by atoms with Gasteiger partial charge in [0, 0.05) is 0 Å². The second-order valence-corrected chi connectivity index (χ2v) is 5.51. The van der Waals surface area contributed by atoms with Crippen molar-refractivity contribution in [1.29, 1.82) is 0 Å². The van der Waals surface area contributed by atoms with E-state index in [4.69, 9.17) is 0 Å². The van der Waals surface area contributed by atoms with E-state index in [2.05, 4.69) is 26.0 Å². The highest BCUT2D eigenvalue weighted by molar-refractivity contribution is 5.78. The van der Waals surface area contributed by atoms with Gasteiger partial charge in [0.1, 0.15) is 0 Å². The molecule has 0 radical (unpaired) electrons. The smallest absolute Gasteiger partial charge is 0.309 e. The Kier molecular flexibility index (Phi) is 2.53. The predicted molar refractivity (Wildman–Crippen MR) is 63.4 cm³/mol. The fraction of sp³-hybridized carbons (Fsp3) is 0.500. The number of rotatable bonds is 4. The zero-order valence-electron chi connectivity index (χ0n) is 9.86. The third-order valence-corrected chi connectivity index (χ3v) is 3.64. The van der Waals surface area contributed by atoms with Crippen molar-refractivity contribution in [2.45, 2.75) is 38.5 Å². The summed E-state index contributed by atoms with van der Waals surface area (Å²) in [5, 5.41) is 9.21. The summed E-state index contributed by atoms with van der Waals surface area (Å²) in [6, 6.07) is 10.2. The molecule has 0 spiro atoms. The zero-order valence-corrected chi connectivity index (χ0v) is 9.86. The monoisotopic (exact) mass is 218 g/mol. The van der Waals surface area contributed by atoms with Gasteiger partial charge >= 0.3 is 5.97 Å². The summed E-state index contributed by atoms with van der Waals surface area (Å²) in [5.74, 6) is -0.628. The van der Waals surface area contributed by atoms with Crippen molar-refractivity contribution in [2.75, 3.05) is 0 Å². The van der Waals surface area contributed by atoms with E-state index in [1.165, 1.54) is 5.56 Å². The van der Waals surface area contributed by atoms with E-state index >= 15 is 0 Å². The van der Waals surface area contributed by atoms with Crippen LogP contribution in [0.2, 0.25) is 0 Å². The molecule has 0 amide bonds. The van der Waals surface area contributed by atoms with E-state index in [0.29, 0.717) is 0 Å². The van der Waals surface area contributed by atoms with Crippen molar-refractivity contribution >= 4 is 5.97 Å². The lowest BCUT2D eigenvalue weighted by atomic mass is 9.76.